The first-order valence-corrected chi connectivity index (χ1v) is 13.4. The van der Waals surface area contributed by atoms with E-state index in [0.29, 0.717) is 23.1 Å². The van der Waals surface area contributed by atoms with Crippen LogP contribution in [0.1, 0.15) is 51.1 Å². The number of hydrogen-bond acceptors (Lipinski definition) is 5. The summed E-state index contributed by atoms with van der Waals surface area (Å²) < 4.78 is 7.11. The summed E-state index contributed by atoms with van der Waals surface area (Å²) in [5, 5.41) is 15.0. The Bertz CT molecular complexity index is 1460. The summed E-state index contributed by atoms with van der Waals surface area (Å²) >= 11 is 7.29. The number of nitrogens with zero attached hydrogens (tertiary/aromatic N) is 2. The summed E-state index contributed by atoms with van der Waals surface area (Å²) in [4.78, 5) is 13.9. The van der Waals surface area contributed by atoms with Crippen LogP contribution in [0.4, 0.5) is 10.7 Å². The van der Waals surface area contributed by atoms with E-state index >= 15 is 0 Å². The lowest BCUT2D eigenvalue weighted by Gasteiger charge is -2.18. The van der Waals surface area contributed by atoms with E-state index in [1.54, 1.807) is 11.3 Å². The standard InChI is InChI=1S/C28H30N4O2S2/c1-16-12-13-22-23(14-16)36-26(24(22)27(33)34-4)30-28(35)29-25-17(2)31-32(18(25)3)15-20-10-7-9-19-8-5-6-11-21(19)20/h5-11,16H,12-15H2,1-4H3,(H2,29,30,35). The van der Waals surface area contributed by atoms with Gasteiger partial charge in [-0.1, -0.05) is 49.4 Å². The summed E-state index contributed by atoms with van der Waals surface area (Å²) in [6, 6.07) is 14.8. The van der Waals surface area contributed by atoms with Crippen LogP contribution in [0.5, 0.6) is 0 Å². The van der Waals surface area contributed by atoms with Crippen molar-refractivity contribution in [2.75, 3.05) is 17.7 Å². The topological polar surface area (TPSA) is 68.2 Å². The maximum absolute atomic E-state index is 12.6. The van der Waals surface area contributed by atoms with Gasteiger partial charge in [-0.15, -0.1) is 11.3 Å². The number of ether oxygens (including phenoxy) is 1. The minimum absolute atomic E-state index is 0.317. The quantitative estimate of drug-likeness (QED) is 0.233. The number of aromatic nitrogens is 2. The van der Waals surface area contributed by atoms with Crippen molar-refractivity contribution in [2.24, 2.45) is 5.92 Å². The van der Waals surface area contributed by atoms with Gasteiger partial charge in [0.25, 0.3) is 0 Å². The molecule has 1 aliphatic carbocycles. The van der Waals surface area contributed by atoms with E-state index in [1.165, 1.54) is 28.3 Å². The molecule has 0 saturated heterocycles. The smallest absolute Gasteiger partial charge is 0.341 e. The zero-order chi connectivity index (χ0) is 25.4. The minimum Gasteiger partial charge on any atom is -0.465 e. The normalized spacial score (nSPS) is 14.9. The molecule has 2 heterocycles. The van der Waals surface area contributed by atoms with Gasteiger partial charge in [0.2, 0.25) is 0 Å². The molecule has 0 bridgehead atoms. The number of thiophene rings is 1. The van der Waals surface area contributed by atoms with Gasteiger partial charge >= 0.3 is 5.97 Å². The van der Waals surface area contributed by atoms with Crippen molar-refractivity contribution in [1.29, 1.82) is 0 Å². The molecule has 1 unspecified atom stereocenters. The molecule has 0 amide bonds. The molecule has 5 rings (SSSR count). The molecule has 8 heteroatoms. The van der Waals surface area contributed by atoms with Crippen LogP contribution in [0.2, 0.25) is 0 Å². The van der Waals surface area contributed by atoms with Crippen molar-refractivity contribution in [3.05, 3.63) is 75.4 Å². The second kappa shape index (κ2) is 10.0. The van der Waals surface area contributed by atoms with Crippen molar-refractivity contribution in [3.63, 3.8) is 0 Å². The molecule has 2 N–H and O–H groups in total. The fourth-order valence-corrected chi connectivity index (χ4v) is 6.70. The average Bonchev–Trinajstić information content (AvgIpc) is 3.34. The first-order chi connectivity index (χ1) is 17.4. The Morgan fingerprint density at radius 2 is 1.97 bits per heavy atom. The molecule has 2 aromatic carbocycles. The number of carbonyl (C=O) groups is 1. The number of anilines is 2. The molecule has 2 aromatic heterocycles. The first kappa shape index (κ1) is 24.5. The number of benzene rings is 2. The number of carbonyl (C=O) groups excluding carboxylic acids is 1. The van der Waals surface area contributed by atoms with Crippen LogP contribution in [0.25, 0.3) is 10.8 Å². The zero-order valence-corrected chi connectivity index (χ0v) is 22.6. The average molecular weight is 519 g/mol. The maximum atomic E-state index is 12.6. The third kappa shape index (κ3) is 4.63. The molecule has 0 spiro atoms. The van der Waals surface area contributed by atoms with Crippen molar-refractivity contribution in [2.45, 2.75) is 46.6 Å². The molecule has 4 aromatic rings. The lowest BCUT2D eigenvalue weighted by molar-refractivity contribution is 0.0601. The highest BCUT2D eigenvalue weighted by Gasteiger charge is 2.28. The van der Waals surface area contributed by atoms with Crippen molar-refractivity contribution >= 4 is 56.1 Å². The van der Waals surface area contributed by atoms with Gasteiger partial charge in [0.15, 0.2) is 5.11 Å². The molecule has 0 radical (unpaired) electrons. The Balaban J connectivity index is 1.38. The Morgan fingerprint density at radius 3 is 2.78 bits per heavy atom. The zero-order valence-electron chi connectivity index (χ0n) is 21.0. The molecular weight excluding hydrogens is 488 g/mol. The third-order valence-corrected chi connectivity index (χ3v) is 8.32. The number of aryl methyl sites for hydroxylation is 1. The Hall–Kier alpha value is -3.23. The van der Waals surface area contributed by atoms with E-state index in [0.717, 1.165) is 46.9 Å². The van der Waals surface area contributed by atoms with Gasteiger partial charge in [-0.25, -0.2) is 4.79 Å². The van der Waals surface area contributed by atoms with Crippen molar-refractivity contribution < 1.29 is 9.53 Å². The van der Waals surface area contributed by atoms with E-state index in [2.05, 4.69) is 60.0 Å². The van der Waals surface area contributed by atoms with Crippen LogP contribution < -0.4 is 10.6 Å². The number of fused-ring (bicyclic) bond motifs is 2. The summed E-state index contributed by atoms with van der Waals surface area (Å²) in [7, 11) is 1.43. The Morgan fingerprint density at radius 1 is 1.19 bits per heavy atom. The maximum Gasteiger partial charge on any atom is 0.341 e. The van der Waals surface area contributed by atoms with E-state index in [4.69, 9.17) is 22.1 Å². The molecule has 0 fully saturated rings. The summed E-state index contributed by atoms with van der Waals surface area (Å²) in [6.07, 6.45) is 2.94. The largest absolute Gasteiger partial charge is 0.465 e. The van der Waals surface area contributed by atoms with Gasteiger partial charge in [0.05, 0.1) is 36.3 Å². The Labute approximate surface area is 220 Å². The highest BCUT2D eigenvalue weighted by molar-refractivity contribution is 7.80. The van der Waals surface area contributed by atoms with Crippen LogP contribution in [-0.4, -0.2) is 28.0 Å². The number of nitrogens with one attached hydrogen (secondary N) is 2. The first-order valence-electron chi connectivity index (χ1n) is 12.2. The third-order valence-electron chi connectivity index (χ3n) is 6.95. The SMILES string of the molecule is COC(=O)c1c(NC(=S)Nc2c(C)nn(Cc3cccc4ccccc34)c2C)sc2c1CCC(C)C2. The van der Waals surface area contributed by atoms with Crippen molar-refractivity contribution in [3.8, 4) is 0 Å². The van der Waals surface area contributed by atoms with Crippen LogP contribution in [-0.2, 0) is 24.1 Å². The monoisotopic (exact) mass is 518 g/mol. The summed E-state index contributed by atoms with van der Waals surface area (Å²) in [6.45, 7) is 6.93. The van der Waals surface area contributed by atoms with Crippen LogP contribution in [0.15, 0.2) is 42.5 Å². The van der Waals surface area contributed by atoms with Crippen LogP contribution in [0.3, 0.4) is 0 Å². The summed E-state index contributed by atoms with van der Waals surface area (Å²) in [5.41, 5.74) is 5.68. The number of esters is 1. The lowest BCUT2D eigenvalue weighted by Crippen LogP contribution is -2.21. The highest BCUT2D eigenvalue weighted by atomic mass is 32.1. The second-order valence-corrected chi connectivity index (χ2v) is 11.0. The molecule has 186 valence electrons. The number of rotatable bonds is 5. The molecule has 6 nitrogen and oxygen atoms in total. The Kier molecular flexibility index (Phi) is 6.81. The highest BCUT2D eigenvalue weighted by Crippen LogP contribution is 2.40. The number of thiocarbonyl (C=S) groups is 1. The van der Waals surface area contributed by atoms with E-state index in [-0.39, 0.29) is 5.97 Å². The molecule has 1 aliphatic rings. The van der Waals surface area contributed by atoms with Gasteiger partial charge in [-0.05, 0) is 73.1 Å². The molecule has 0 aliphatic heterocycles. The van der Waals surface area contributed by atoms with Crippen LogP contribution in [0, 0.1) is 19.8 Å². The number of methoxy groups -OCH3 is 1. The van der Waals surface area contributed by atoms with Gasteiger partial charge in [-0.2, -0.15) is 5.10 Å². The van der Waals surface area contributed by atoms with E-state index in [9.17, 15) is 4.79 Å². The number of hydrogen-bond donors (Lipinski definition) is 2. The van der Waals surface area contributed by atoms with Gasteiger partial charge < -0.3 is 15.4 Å². The van der Waals surface area contributed by atoms with E-state index < -0.39 is 0 Å². The predicted molar refractivity (Wildman–Crippen MR) is 151 cm³/mol. The molecule has 1 atom stereocenters. The lowest BCUT2D eigenvalue weighted by atomic mass is 9.88. The predicted octanol–water partition coefficient (Wildman–Crippen LogP) is 6.48. The fourth-order valence-electron chi connectivity index (χ4n) is 5.03. The molecule has 36 heavy (non-hydrogen) atoms. The van der Waals surface area contributed by atoms with Crippen molar-refractivity contribution in [1.82, 2.24) is 9.78 Å². The second-order valence-electron chi connectivity index (χ2n) is 9.47. The molecular formula is C28H30N4O2S2. The van der Waals surface area contributed by atoms with Gasteiger partial charge in [0.1, 0.15) is 5.00 Å². The fraction of sp³-hybridized carbons (Fsp3) is 0.321. The van der Waals surface area contributed by atoms with Gasteiger partial charge in [-0.3, -0.25) is 4.68 Å². The minimum atomic E-state index is -0.317. The van der Waals surface area contributed by atoms with Crippen LogP contribution >= 0.6 is 23.6 Å². The van der Waals surface area contributed by atoms with E-state index in [1.807, 2.05) is 18.5 Å². The summed E-state index contributed by atoms with van der Waals surface area (Å²) in [5.74, 6) is 0.292. The molecule has 0 saturated carbocycles. The van der Waals surface area contributed by atoms with Gasteiger partial charge in [0, 0.05) is 4.88 Å².